The molecular weight excluding hydrogens is 214 g/mol. The molecule has 0 aromatic heterocycles. The molecule has 0 bridgehead atoms. The fourth-order valence-electron chi connectivity index (χ4n) is 1.54. The molecule has 2 aromatic carbocycles. The van der Waals surface area contributed by atoms with E-state index in [4.69, 9.17) is 0 Å². The van der Waals surface area contributed by atoms with E-state index in [1.165, 1.54) is 11.1 Å². The summed E-state index contributed by atoms with van der Waals surface area (Å²) in [7, 11) is 0. The minimum Gasteiger partial charge on any atom is -0.355 e. The molecule has 0 aliphatic heterocycles. The highest BCUT2D eigenvalue weighted by Crippen LogP contribution is 2.24. The van der Waals surface area contributed by atoms with Crippen LogP contribution in [0.3, 0.4) is 0 Å². The Morgan fingerprint density at radius 3 is 2.12 bits per heavy atom. The average Bonchev–Trinajstić information content (AvgIpc) is 2.25. The van der Waals surface area contributed by atoms with Crippen LogP contribution in [0.4, 0.5) is 11.4 Å². The summed E-state index contributed by atoms with van der Waals surface area (Å²) in [5, 5.41) is 3.35. The lowest BCUT2D eigenvalue weighted by molar-refractivity contribution is 1.35. The van der Waals surface area contributed by atoms with Crippen LogP contribution in [0.2, 0.25) is 0 Å². The molecular formula is C14H15NS. The van der Waals surface area contributed by atoms with Crippen LogP contribution in [-0.2, 0) is 0 Å². The van der Waals surface area contributed by atoms with Gasteiger partial charge in [-0.2, -0.15) is 0 Å². The summed E-state index contributed by atoms with van der Waals surface area (Å²) < 4.78 is 0. The number of hydrogen-bond acceptors (Lipinski definition) is 2. The SMILES string of the molecule is Cc1ccc(Nc2ccc(C)cc2S)cc1. The van der Waals surface area contributed by atoms with Gasteiger partial charge in [0.2, 0.25) is 0 Å². The summed E-state index contributed by atoms with van der Waals surface area (Å²) in [5.74, 6) is 0. The molecule has 2 aromatic rings. The molecule has 82 valence electrons. The van der Waals surface area contributed by atoms with Crippen LogP contribution in [0.15, 0.2) is 47.4 Å². The number of thiol groups is 1. The number of anilines is 2. The van der Waals surface area contributed by atoms with Gasteiger partial charge in [0, 0.05) is 10.6 Å². The summed E-state index contributed by atoms with van der Waals surface area (Å²) >= 11 is 4.46. The van der Waals surface area contributed by atoms with E-state index in [0.717, 1.165) is 16.3 Å². The number of aryl methyl sites for hydroxylation is 2. The van der Waals surface area contributed by atoms with Gasteiger partial charge in [0.25, 0.3) is 0 Å². The van der Waals surface area contributed by atoms with Gasteiger partial charge in [0.1, 0.15) is 0 Å². The first-order valence-electron chi connectivity index (χ1n) is 5.28. The van der Waals surface area contributed by atoms with E-state index in [1.54, 1.807) is 0 Å². The summed E-state index contributed by atoms with van der Waals surface area (Å²) in [5.41, 5.74) is 4.61. The van der Waals surface area contributed by atoms with Gasteiger partial charge >= 0.3 is 0 Å². The fraction of sp³-hybridized carbons (Fsp3) is 0.143. The first kappa shape index (κ1) is 11.1. The third-order valence-electron chi connectivity index (χ3n) is 2.48. The van der Waals surface area contributed by atoms with E-state index in [2.05, 4.69) is 74.3 Å². The highest BCUT2D eigenvalue weighted by Gasteiger charge is 1.99. The molecule has 2 rings (SSSR count). The van der Waals surface area contributed by atoms with Crippen LogP contribution in [-0.4, -0.2) is 0 Å². The average molecular weight is 229 g/mol. The van der Waals surface area contributed by atoms with Gasteiger partial charge in [-0.1, -0.05) is 23.8 Å². The number of hydrogen-bond donors (Lipinski definition) is 2. The normalized spacial score (nSPS) is 10.2. The van der Waals surface area contributed by atoms with E-state index in [-0.39, 0.29) is 0 Å². The summed E-state index contributed by atoms with van der Waals surface area (Å²) in [6.07, 6.45) is 0. The lowest BCUT2D eigenvalue weighted by Crippen LogP contribution is -1.91. The number of rotatable bonds is 2. The van der Waals surface area contributed by atoms with Gasteiger partial charge in [-0.3, -0.25) is 0 Å². The smallest absolute Gasteiger partial charge is 0.0519 e. The molecule has 0 saturated heterocycles. The van der Waals surface area contributed by atoms with E-state index in [1.807, 2.05) is 0 Å². The summed E-state index contributed by atoms with van der Waals surface area (Å²) in [6, 6.07) is 14.5. The Balaban J connectivity index is 2.23. The Labute approximate surface area is 102 Å². The highest BCUT2D eigenvalue weighted by atomic mass is 32.1. The molecule has 0 heterocycles. The van der Waals surface area contributed by atoms with Crippen molar-refractivity contribution in [3.63, 3.8) is 0 Å². The Hall–Kier alpha value is -1.41. The van der Waals surface area contributed by atoms with Crippen molar-refractivity contribution in [3.8, 4) is 0 Å². The first-order chi connectivity index (χ1) is 7.65. The van der Waals surface area contributed by atoms with Gasteiger partial charge in [-0.15, -0.1) is 12.6 Å². The molecule has 0 saturated carbocycles. The second-order valence-electron chi connectivity index (χ2n) is 4.01. The largest absolute Gasteiger partial charge is 0.355 e. The molecule has 0 atom stereocenters. The molecule has 2 heteroatoms. The zero-order valence-corrected chi connectivity index (χ0v) is 10.4. The second-order valence-corrected chi connectivity index (χ2v) is 4.49. The van der Waals surface area contributed by atoms with E-state index < -0.39 is 0 Å². The quantitative estimate of drug-likeness (QED) is 0.730. The topological polar surface area (TPSA) is 12.0 Å². The zero-order chi connectivity index (χ0) is 11.5. The van der Waals surface area contributed by atoms with Crippen LogP contribution in [0, 0.1) is 13.8 Å². The van der Waals surface area contributed by atoms with Gasteiger partial charge in [-0.25, -0.2) is 0 Å². The molecule has 0 amide bonds. The molecule has 1 N–H and O–H groups in total. The second kappa shape index (κ2) is 4.62. The fourth-order valence-corrected chi connectivity index (χ4v) is 1.87. The van der Waals surface area contributed by atoms with Crippen LogP contribution >= 0.6 is 12.6 Å². The van der Waals surface area contributed by atoms with Crippen molar-refractivity contribution in [2.75, 3.05) is 5.32 Å². The minimum absolute atomic E-state index is 0.973. The first-order valence-corrected chi connectivity index (χ1v) is 5.73. The number of benzene rings is 2. The predicted molar refractivity (Wildman–Crippen MR) is 72.9 cm³/mol. The van der Waals surface area contributed by atoms with Crippen molar-refractivity contribution in [2.45, 2.75) is 18.7 Å². The molecule has 0 unspecified atom stereocenters. The van der Waals surface area contributed by atoms with Crippen molar-refractivity contribution in [1.29, 1.82) is 0 Å². The van der Waals surface area contributed by atoms with Crippen molar-refractivity contribution in [3.05, 3.63) is 53.6 Å². The monoisotopic (exact) mass is 229 g/mol. The maximum Gasteiger partial charge on any atom is 0.0519 e. The van der Waals surface area contributed by atoms with Crippen molar-refractivity contribution < 1.29 is 0 Å². The lowest BCUT2D eigenvalue weighted by atomic mass is 10.2. The van der Waals surface area contributed by atoms with Gasteiger partial charge in [0.05, 0.1) is 5.69 Å². The van der Waals surface area contributed by atoms with E-state index in [9.17, 15) is 0 Å². The van der Waals surface area contributed by atoms with Crippen LogP contribution < -0.4 is 5.32 Å². The molecule has 1 nitrogen and oxygen atoms in total. The minimum atomic E-state index is 0.973. The van der Waals surface area contributed by atoms with Crippen LogP contribution in [0.5, 0.6) is 0 Å². The third kappa shape index (κ3) is 2.58. The Morgan fingerprint density at radius 1 is 0.875 bits per heavy atom. The molecule has 0 aliphatic rings. The molecule has 16 heavy (non-hydrogen) atoms. The Kier molecular flexibility index (Phi) is 3.20. The lowest BCUT2D eigenvalue weighted by Gasteiger charge is -2.09. The van der Waals surface area contributed by atoms with Crippen LogP contribution in [0.1, 0.15) is 11.1 Å². The van der Waals surface area contributed by atoms with Gasteiger partial charge < -0.3 is 5.32 Å². The Morgan fingerprint density at radius 2 is 1.50 bits per heavy atom. The van der Waals surface area contributed by atoms with Crippen LogP contribution in [0.25, 0.3) is 0 Å². The maximum absolute atomic E-state index is 4.46. The van der Waals surface area contributed by atoms with Gasteiger partial charge in [0.15, 0.2) is 0 Å². The third-order valence-corrected chi connectivity index (χ3v) is 2.85. The molecule has 0 spiro atoms. The summed E-state index contributed by atoms with van der Waals surface area (Å²) in [6.45, 7) is 4.15. The molecule has 0 radical (unpaired) electrons. The van der Waals surface area contributed by atoms with E-state index >= 15 is 0 Å². The van der Waals surface area contributed by atoms with Crippen molar-refractivity contribution in [2.24, 2.45) is 0 Å². The van der Waals surface area contributed by atoms with Gasteiger partial charge in [-0.05, 0) is 43.7 Å². The number of nitrogens with one attached hydrogen (secondary N) is 1. The van der Waals surface area contributed by atoms with E-state index in [0.29, 0.717) is 0 Å². The Bertz CT molecular complexity index is 489. The zero-order valence-electron chi connectivity index (χ0n) is 9.49. The maximum atomic E-state index is 4.46. The standard InChI is InChI=1S/C14H15NS/c1-10-3-6-12(7-4-10)15-13-8-5-11(2)9-14(13)16/h3-9,15-16H,1-2H3. The predicted octanol–water partition coefficient (Wildman–Crippen LogP) is 4.34. The molecule has 0 aliphatic carbocycles. The van der Waals surface area contributed by atoms with Crippen molar-refractivity contribution >= 4 is 24.0 Å². The summed E-state index contributed by atoms with van der Waals surface area (Å²) in [4.78, 5) is 0.973. The highest BCUT2D eigenvalue weighted by molar-refractivity contribution is 7.80. The van der Waals surface area contributed by atoms with Crippen molar-refractivity contribution in [1.82, 2.24) is 0 Å². The molecule has 0 fully saturated rings.